The van der Waals surface area contributed by atoms with Gasteiger partial charge >= 0.3 is 0 Å². The first-order valence-corrected chi connectivity index (χ1v) is 8.66. The zero-order valence-electron chi connectivity index (χ0n) is 11.6. The minimum Gasteiger partial charge on any atom is -0.351 e. The summed E-state index contributed by atoms with van der Waals surface area (Å²) in [5.74, 6) is -0.00741. The van der Waals surface area contributed by atoms with E-state index in [1.54, 1.807) is 0 Å². The van der Waals surface area contributed by atoms with Crippen LogP contribution in [0.25, 0.3) is 0 Å². The maximum absolute atomic E-state index is 11.7. The van der Waals surface area contributed by atoms with Gasteiger partial charge in [0.1, 0.15) is 0 Å². The highest BCUT2D eigenvalue weighted by molar-refractivity contribution is 7.12. The normalized spacial score (nSPS) is 10.3. The molecular formula is C15H18N2O2S2. The minimum atomic E-state index is -0.00371. The molecule has 0 saturated carbocycles. The maximum Gasteiger partial charge on any atom is 0.261 e. The molecule has 21 heavy (non-hydrogen) atoms. The Bertz CT molecular complexity index is 500. The van der Waals surface area contributed by atoms with Gasteiger partial charge in [0.2, 0.25) is 0 Å². The second-order valence-corrected chi connectivity index (χ2v) is 6.42. The molecule has 2 aromatic rings. The Morgan fingerprint density at radius 2 is 1.29 bits per heavy atom. The molecule has 2 heterocycles. The number of rotatable bonds is 8. The molecule has 0 radical (unpaired) electrons. The number of carbonyl (C=O) groups is 2. The molecule has 0 saturated heterocycles. The van der Waals surface area contributed by atoms with Crippen LogP contribution < -0.4 is 10.6 Å². The number of amides is 2. The topological polar surface area (TPSA) is 58.2 Å². The lowest BCUT2D eigenvalue weighted by atomic mass is 10.2. The molecule has 0 aliphatic heterocycles. The molecular weight excluding hydrogens is 304 g/mol. The van der Waals surface area contributed by atoms with Gasteiger partial charge in [-0.15, -0.1) is 22.7 Å². The van der Waals surface area contributed by atoms with Gasteiger partial charge in [0, 0.05) is 13.1 Å². The maximum atomic E-state index is 11.7. The van der Waals surface area contributed by atoms with Crippen molar-refractivity contribution < 1.29 is 9.59 Å². The molecule has 6 heteroatoms. The van der Waals surface area contributed by atoms with E-state index in [1.807, 2.05) is 35.0 Å². The molecule has 0 fully saturated rings. The highest BCUT2D eigenvalue weighted by Gasteiger charge is 2.05. The molecule has 4 nitrogen and oxygen atoms in total. The molecule has 2 N–H and O–H groups in total. The summed E-state index contributed by atoms with van der Waals surface area (Å²) in [7, 11) is 0. The Kier molecular flexibility index (Phi) is 6.43. The monoisotopic (exact) mass is 322 g/mol. The van der Waals surface area contributed by atoms with Crippen molar-refractivity contribution >= 4 is 34.5 Å². The van der Waals surface area contributed by atoms with E-state index in [1.165, 1.54) is 22.7 Å². The lowest BCUT2D eigenvalue weighted by molar-refractivity contribution is 0.0951. The lowest BCUT2D eigenvalue weighted by Crippen LogP contribution is -2.25. The quantitative estimate of drug-likeness (QED) is 0.734. The highest BCUT2D eigenvalue weighted by atomic mass is 32.1. The van der Waals surface area contributed by atoms with Crippen molar-refractivity contribution in [2.45, 2.75) is 19.3 Å². The molecule has 0 unspecified atom stereocenters. The number of hydrogen-bond donors (Lipinski definition) is 2. The zero-order chi connectivity index (χ0) is 14.9. The van der Waals surface area contributed by atoms with Crippen molar-refractivity contribution in [1.29, 1.82) is 0 Å². The second-order valence-electron chi connectivity index (χ2n) is 4.53. The van der Waals surface area contributed by atoms with E-state index in [9.17, 15) is 9.59 Å². The van der Waals surface area contributed by atoms with E-state index >= 15 is 0 Å². The van der Waals surface area contributed by atoms with Crippen LogP contribution in [-0.4, -0.2) is 24.9 Å². The van der Waals surface area contributed by atoms with Gasteiger partial charge in [-0.25, -0.2) is 0 Å². The van der Waals surface area contributed by atoms with E-state index in [4.69, 9.17) is 0 Å². The van der Waals surface area contributed by atoms with Crippen LogP contribution in [0.3, 0.4) is 0 Å². The average molecular weight is 322 g/mol. The zero-order valence-corrected chi connectivity index (χ0v) is 13.3. The van der Waals surface area contributed by atoms with Crippen LogP contribution in [0.2, 0.25) is 0 Å². The van der Waals surface area contributed by atoms with Crippen molar-refractivity contribution in [3.8, 4) is 0 Å². The molecule has 2 rings (SSSR count). The van der Waals surface area contributed by atoms with Crippen LogP contribution in [0, 0.1) is 0 Å². The summed E-state index contributed by atoms with van der Waals surface area (Å²) in [6, 6.07) is 7.38. The Hall–Kier alpha value is -1.66. The van der Waals surface area contributed by atoms with Gasteiger partial charge in [-0.3, -0.25) is 9.59 Å². The van der Waals surface area contributed by atoms with Gasteiger partial charge in [-0.05, 0) is 42.2 Å². The van der Waals surface area contributed by atoms with Gasteiger partial charge in [-0.1, -0.05) is 12.1 Å². The molecule has 0 atom stereocenters. The summed E-state index contributed by atoms with van der Waals surface area (Å²) in [5.41, 5.74) is 0. The molecule has 112 valence electrons. The molecule has 0 aliphatic rings. The molecule has 0 bridgehead atoms. The van der Waals surface area contributed by atoms with E-state index in [2.05, 4.69) is 10.6 Å². The van der Waals surface area contributed by atoms with Crippen molar-refractivity contribution in [2.75, 3.05) is 13.1 Å². The fourth-order valence-corrected chi connectivity index (χ4v) is 3.10. The Morgan fingerprint density at radius 3 is 1.67 bits per heavy atom. The second kappa shape index (κ2) is 8.59. The standard InChI is InChI=1S/C15H18N2O2S2/c18-14(12-6-4-10-20-12)16-8-2-1-3-9-17-15(19)13-7-5-11-21-13/h4-7,10-11H,1-3,8-9H2,(H,16,18)(H,17,19). The Morgan fingerprint density at radius 1 is 0.810 bits per heavy atom. The van der Waals surface area contributed by atoms with E-state index in [-0.39, 0.29) is 11.8 Å². The van der Waals surface area contributed by atoms with E-state index in [0.29, 0.717) is 13.1 Å². The summed E-state index contributed by atoms with van der Waals surface area (Å²) in [6.45, 7) is 1.35. The van der Waals surface area contributed by atoms with Gasteiger partial charge in [0.25, 0.3) is 11.8 Å². The number of hydrogen-bond acceptors (Lipinski definition) is 4. The van der Waals surface area contributed by atoms with Gasteiger partial charge < -0.3 is 10.6 Å². The molecule has 0 aromatic carbocycles. The van der Waals surface area contributed by atoms with E-state index < -0.39 is 0 Å². The third-order valence-electron chi connectivity index (χ3n) is 2.91. The first kappa shape index (κ1) is 15.7. The van der Waals surface area contributed by atoms with Crippen LogP contribution in [0.15, 0.2) is 35.0 Å². The minimum absolute atomic E-state index is 0.00371. The lowest BCUT2D eigenvalue weighted by Gasteiger charge is -2.05. The van der Waals surface area contributed by atoms with Crippen molar-refractivity contribution in [3.63, 3.8) is 0 Å². The molecule has 0 aliphatic carbocycles. The molecule has 2 aromatic heterocycles. The Labute approximate surface area is 132 Å². The first-order valence-electron chi connectivity index (χ1n) is 6.91. The summed E-state index contributed by atoms with van der Waals surface area (Å²) < 4.78 is 0. The van der Waals surface area contributed by atoms with Gasteiger partial charge in [0.05, 0.1) is 9.75 Å². The number of carbonyl (C=O) groups excluding carboxylic acids is 2. The largest absolute Gasteiger partial charge is 0.351 e. The number of unbranched alkanes of at least 4 members (excludes halogenated alkanes) is 2. The van der Waals surface area contributed by atoms with Crippen molar-refractivity contribution in [3.05, 3.63) is 44.8 Å². The number of thiophene rings is 2. The summed E-state index contributed by atoms with van der Waals surface area (Å²) in [5, 5.41) is 9.57. The summed E-state index contributed by atoms with van der Waals surface area (Å²) in [4.78, 5) is 24.8. The first-order chi connectivity index (χ1) is 10.3. The predicted octanol–water partition coefficient (Wildman–Crippen LogP) is 3.14. The van der Waals surface area contributed by atoms with Crippen molar-refractivity contribution in [2.24, 2.45) is 0 Å². The van der Waals surface area contributed by atoms with Crippen LogP contribution in [-0.2, 0) is 0 Å². The van der Waals surface area contributed by atoms with Gasteiger partial charge in [0.15, 0.2) is 0 Å². The van der Waals surface area contributed by atoms with E-state index in [0.717, 1.165) is 29.0 Å². The Balaban J connectivity index is 1.49. The summed E-state index contributed by atoms with van der Waals surface area (Å²) >= 11 is 2.89. The van der Waals surface area contributed by atoms with Crippen LogP contribution in [0.4, 0.5) is 0 Å². The molecule has 2 amide bonds. The van der Waals surface area contributed by atoms with Crippen molar-refractivity contribution in [1.82, 2.24) is 10.6 Å². The van der Waals surface area contributed by atoms with Gasteiger partial charge in [-0.2, -0.15) is 0 Å². The van der Waals surface area contributed by atoms with Crippen LogP contribution in [0.1, 0.15) is 38.6 Å². The summed E-state index contributed by atoms with van der Waals surface area (Å²) in [6.07, 6.45) is 2.83. The third-order valence-corrected chi connectivity index (χ3v) is 4.65. The molecule has 0 spiro atoms. The SMILES string of the molecule is O=C(NCCCCCNC(=O)c1cccs1)c1cccs1. The number of nitrogens with one attached hydrogen (secondary N) is 2. The van der Waals surface area contributed by atoms with Crippen LogP contribution >= 0.6 is 22.7 Å². The fourth-order valence-electron chi connectivity index (χ4n) is 1.82. The fraction of sp³-hybridized carbons (Fsp3) is 0.333. The third kappa shape index (κ3) is 5.32. The smallest absolute Gasteiger partial charge is 0.261 e. The predicted molar refractivity (Wildman–Crippen MR) is 87.2 cm³/mol. The van der Waals surface area contributed by atoms with Crippen LogP contribution in [0.5, 0.6) is 0 Å². The average Bonchev–Trinajstić information content (AvgIpc) is 3.18. The highest BCUT2D eigenvalue weighted by Crippen LogP contribution is 2.08.